The molecule has 80 valence electrons. The maximum absolute atomic E-state index is 2.39. The molecule has 0 aliphatic heterocycles. The summed E-state index contributed by atoms with van der Waals surface area (Å²) in [5.74, 6) is 2.58. The van der Waals surface area contributed by atoms with Crippen molar-refractivity contribution >= 4 is 0 Å². The molecule has 0 fully saturated rings. The van der Waals surface area contributed by atoms with Crippen LogP contribution in [0.4, 0.5) is 0 Å². The third kappa shape index (κ3) is 4.66. The van der Waals surface area contributed by atoms with Gasteiger partial charge in [0.2, 0.25) is 0 Å². The van der Waals surface area contributed by atoms with Gasteiger partial charge in [0.1, 0.15) is 0 Å². The summed E-state index contributed by atoms with van der Waals surface area (Å²) in [5.41, 5.74) is 0. The first-order valence-electron chi connectivity index (χ1n) is 5.67. The Bertz CT molecular complexity index is 110. The predicted octanol–water partition coefficient (Wildman–Crippen LogP) is 3.26. The van der Waals surface area contributed by atoms with E-state index in [1.165, 1.54) is 19.4 Å². The first-order chi connectivity index (χ1) is 6.02. The van der Waals surface area contributed by atoms with Gasteiger partial charge in [-0.05, 0) is 31.8 Å². The molecule has 0 heterocycles. The van der Waals surface area contributed by atoms with Crippen molar-refractivity contribution in [2.45, 2.75) is 40.5 Å². The summed E-state index contributed by atoms with van der Waals surface area (Å²) in [4.78, 5) is 2.32. The quantitative estimate of drug-likeness (QED) is 0.614. The molecule has 1 nitrogen and oxygen atoms in total. The summed E-state index contributed by atoms with van der Waals surface area (Å²) < 4.78 is 0. The minimum atomic E-state index is 0.859. The first kappa shape index (κ1) is 13.0. The molecule has 0 aromatic heterocycles. The van der Waals surface area contributed by atoms with Crippen molar-refractivity contribution in [3.8, 4) is 0 Å². The fourth-order valence-electron chi connectivity index (χ4n) is 1.95. The van der Waals surface area contributed by atoms with Gasteiger partial charge in [0, 0.05) is 6.54 Å². The van der Waals surface area contributed by atoms with Crippen molar-refractivity contribution in [2.75, 3.05) is 20.6 Å². The second kappa shape index (κ2) is 6.42. The van der Waals surface area contributed by atoms with Gasteiger partial charge < -0.3 is 4.90 Å². The Balaban J connectivity index is 4.17. The molecule has 0 radical (unpaired) electrons. The molecule has 0 aromatic carbocycles. The summed E-state index contributed by atoms with van der Waals surface area (Å²) in [6.07, 6.45) is 2.62. The number of rotatable bonds is 6. The molecule has 0 spiro atoms. The van der Waals surface area contributed by atoms with Gasteiger partial charge in [-0.1, -0.05) is 40.5 Å². The van der Waals surface area contributed by atoms with Crippen molar-refractivity contribution in [1.29, 1.82) is 0 Å². The van der Waals surface area contributed by atoms with E-state index < -0.39 is 0 Å². The standard InChI is InChI=1S/C12H27N/c1-7-10(3)12(9-13(5)6)11(4)8-2/h10-12H,7-9H2,1-6H3. The van der Waals surface area contributed by atoms with Gasteiger partial charge in [0.25, 0.3) is 0 Å². The molecule has 0 saturated heterocycles. The maximum Gasteiger partial charge on any atom is 0.000865 e. The van der Waals surface area contributed by atoms with Crippen LogP contribution in [0.15, 0.2) is 0 Å². The lowest BCUT2D eigenvalue weighted by atomic mass is 9.80. The van der Waals surface area contributed by atoms with E-state index in [1.807, 2.05) is 0 Å². The van der Waals surface area contributed by atoms with Gasteiger partial charge in [0.05, 0.1) is 0 Å². The minimum Gasteiger partial charge on any atom is -0.309 e. The normalized spacial score (nSPS) is 18.7. The van der Waals surface area contributed by atoms with Crippen molar-refractivity contribution in [3.05, 3.63) is 0 Å². The van der Waals surface area contributed by atoms with E-state index in [4.69, 9.17) is 0 Å². The lowest BCUT2D eigenvalue weighted by Crippen LogP contribution is -2.30. The molecule has 0 aliphatic rings. The van der Waals surface area contributed by atoms with E-state index in [2.05, 4.69) is 46.7 Å². The molecule has 13 heavy (non-hydrogen) atoms. The second-order valence-electron chi connectivity index (χ2n) is 4.70. The summed E-state index contributed by atoms with van der Waals surface area (Å²) >= 11 is 0. The van der Waals surface area contributed by atoms with E-state index >= 15 is 0 Å². The Morgan fingerprint density at radius 1 is 0.923 bits per heavy atom. The van der Waals surface area contributed by atoms with Crippen molar-refractivity contribution in [3.63, 3.8) is 0 Å². The van der Waals surface area contributed by atoms with Gasteiger partial charge >= 0.3 is 0 Å². The maximum atomic E-state index is 2.39. The highest BCUT2D eigenvalue weighted by Gasteiger charge is 2.21. The van der Waals surface area contributed by atoms with Crippen LogP contribution in [0.1, 0.15) is 40.5 Å². The molecule has 0 rings (SSSR count). The molecule has 2 atom stereocenters. The van der Waals surface area contributed by atoms with E-state index in [0.717, 1.165) is 17.8 Å². The van der Waals surface area contributed by atoms with Crippen LogP contribution in [0.25, 0.3) is 0 Å². The predicted molar refractivity (Wildman–Crippen MR) is 61.0 cm³/mol. The molecule has 0 aliphatic carbocycles. The lowest BCUT2D eigenvalue weighted by molar-refractivity contribution is 0.184. The molecule has 0 bridgehead atoms. The second-order valence-corrected chi connectivity index (χ2v) is 4.70. The zero-order chi connectivity index (χ0) is 10.4. The van der Waals surface area contributed by atoms with Crippen LogP contribution < -0.4 is 0 Å². The Hall–Kier alpha value is -0.0400. The monoisotopic (exact) mass is 185 g/mol. The zero-order valence-corrected chi connectivity index (χ0v) is 10.3. The molecule has 0 aromatic rings. The Morgan fingerprint density at radius 3 is 1.54 bits per heavy atom. The largest absolute Gasteiger partial charge is 0.309 e. The van der Waals surface area contributed by atoms with Gasteiger partial charge in [-0.3, -0.25) is 0 Å². The van der Waals surface area contributed by atoms with Crippen LogP contribution in [-0.4, -0.2) is 25.5 Å². The third-order valence-electron chi connectivity index (χ3n) is 3.33. The third-order valence-corrected chi connectivity index (χ3v) is 3.33. The van der Waals surface area contributed by atoms with Crippen LogP contribution in [0, 0.1) is 17.8 Å². The van der Waals surface area contributed by atoms with Crippen LogP contribution in [-0.2, 0) is 0 Å². The minimum absolute atomic E-state index is 0.859. The molecular formula is C12H27N. The molecule has 0 saturated carbocycles. The summed E-state index contributed by atoms with van der Waals surface area (Å²) in [5, 5.41) is 0. The molecule has 0 amide bonds. The lowest BCUT2D eigenvalue weighted by Gasteiger charge is -2.31. The molecular weight excluding hydrogens is 158 g/mol. The van der Waals surface area contributed by atoms with Gasteiger partial charge in [-0.15, -0.1) is 0 Å². The van der Waals surface area contributed by atoms with E-state index in [0.29, 0.717) is 0 Å². The average molecular weight is 185 g/mol. The molecule has 2 unspecified atom stereocenters. The fourth-order valence-corrected chi connectivity index (χ4v) is 1.95. The summed E-state index contributed by atoms with van der Waals surface area (Å²) in [7, 11) is 4.36. The SMILES string of the molecule is CCC(C)C(CN(C)C)C(C)CC. The Labute approximate surface area is 84.5 Å². The highest BCUT2D eigenvalue weighted by atomic mass is 15.1. The van der Waals surface area contributed by atoms with E-state index in [1.54, 1.807) is 0 Å². The zero-order valence-electron chi connectivity index (χ0n) is 10.3. The number of hydrogen-bond donors (Lipinski definition) is 0. The van der Waals surface area contributed by atoms with Crippen LogP contribution in [0.5, 0.6) is 0 Å². The smallest absolute Gasteiger partial charge is 0.000865 e. The van der Waals surface area contributed by atoms with Crippen molar-refractivity contribution in [2.24, 2.45) is 17.8 Å². The molecule has 1 heteroatoms. The molecule has 0 N–H and O–H groups in total. The number of hydrogen-bond acceptors (Lipinski definition) is 1. The van der Waals surface area contributed by atoms with Crippen LogP contribution in [0.3, 0.4) is 0 Å². The van der Waals surface area contributed by atoms with Crippen LogP contribution >= 0.6 is 0 Å². The van der Waals surface area contributed by atoms with Gasteiger partial charge in [-0.25, -0.2) is 0 Å². The summed E-state index contributed by atoms with van der Waals surface area (Å²) in [6.45, 7) is 10.6. The van der Waals surface area contributed by atoms with Crippen molar-refractivity contribution < 1.29 is 0 Å². The van der Waals surface area contributed by atoms with Gasteiger partial charge in [0.15, 0.2) is 0 Å². The van der Waals surface area contributed by atoms with Crippen molar-refractivity contribution in [1.82, 2.24) is 4.90 Å². The van der Waals surface area contributed by atoms with E-state index in [-0.39, 0.29) is 0 Å². The highest BCUT2D eigenvalue weighted by molar-refractivity contribution is 4.72. The highest BCUT2D eigenvalue weighted by Crippen LogP contribution is 2.26. The van der Waals surface area contributed by atoms with Crippen LogP contribution in [0.2, 0.25) is 0 Å². The average Bonchev–Trinajstić information content (AvgIpc) is 2.11. The van der Waals surface area contributed by atoms with E-state index in [9.17, 15) is 0 Å². The topological polar surface area (TPSA) is 3.24 Å². The number of nitrogens with zero attached hydrogens (tertiary/aromatic N) is 1. The first-order valence-corrected chi connectivity index (χ1v) is 5.67. The van der Waals surface area contributed by atoms with Gasteiger partial charge in [-0.2, -0.15) is 0 Å². The summed E-state index contributed by atoms with van der Waals surface area (Å²) in [6, 6.07) is 0. The Morgan fingerprint density at radius 2 is 1.31 bits per heavy atom. The fraction of sp³-hybridized carbons (Fsp3) is 1.00. The Kier molecular flexibility index (Phi) is 6.40.